The number of rotatable bonds is 6. The summed E-state index contributed by atoms with van der Waals surface area (Å²) >= 11 is 0. The standard InChI is InChI=1S/C8H18N2O.2CH4/c1-7(11)8(10-2)5-3-4-6-9;;/h8,10H,3-6,9H2,1-2H3;2*1H4. The third-order valence-electron chi connectivity index (χ3n) is 1.79. The molecule has 3 nitrogen and oxygen atoms in total. The Morgan fingerprint density at radius 1 is 1.38 bits per heavy atom. The highest BCUT2D eigenvalue weighted by molar-refractivity contribution is 5.81. The van der Waals surface area contributed by atoms with Gasteiger partial charge in [-0.3, -0.25) is 4.79 Å². The Morgan fingerprint density at radius 2 is 1.92 bits per heavy atom. The van der Waals surface area contributed by atoms with Crippen LogP contribution in [0.1, 0.15) is 41.0 Å². The van der Waals surface area contributed by atoms with Gasteiger partial charge in [0.25, 0.3) is 0 Å². The number of hydrogen-bond donors (Lipinski definition) is 2. The topological polar surface area (TPSA) is 55.1 Å². The van der Waals surface area contributed by atoms with Gasteiger partial charge in [0, 0.05) is 0 Å². The first-order valence-corrected chi connectivity index (χ1v) is 4.10. The minimum absolute atomic E-state index is 0. The molecule has 0 amide bonds. The smallest absolute Gasteiger partial charge is 0.146 e. The second kappa shape index (κ2) is 11.6. The normalized spacial score (nSPS) is 11.0. The first-order chi connectivity index (χ1) is 5.22. The van der Waals surface area contributed by atoms with Crippen LogP contribution in [0.5, 0.6) is 0 Å². The molecule has 0 saturated heterocycles. The molecular weight excluding hydrogens is 164 g/mol. The summed E-state index contributed by atoms with van der Waals surface area (Å²) in [4.78, 5) is 10.9. The minimum atomic E-state index is 0. The van der Waals surface area contributed by atoms with Crippen molar-refractivity contribution < 1.29 is 4.79 Å². The van der Waals surface area contributed by atoms with E-state index >= 15 is 0 Å². The number of Topliss-reactive ketones (excluding diaryl/α,β-unsaturated/α-hetero) is 1. The molecule has 0 aliphatic carbocycles. The highest BCUT2D eigenvalue weighted by atomic mass is 16.1. The second-order valence-corrected chi connectivity index (χ2v) is 2.74. The van der Waals surface area contributed by atoms with Crippen LogP contribution in [0, 0.1) is 0 Å². The molecule has 13 heavy (non-hydrogen) atoms. The average molecular weight is 190 g/mol. The molecule has 0 saturated carbocycles. The molecule has 0 radical (unpaired) electrons. The van der Waals surface area contributed by atoms with E-state index in [1.165, 1.54) is 0 Å². The van der Waals surface area contributed by atoms with Gasteiger partial charge in [0.2, 0.25) is 0 Å². The third-order valence-corrected chi connectivity index (χ3v) is 1.79. The third kappa shape index (κ3) is 9.50. The van der Waals surface area contributed by atoms with Crippen molar-refractivity contribution in [2.24, 2.45) is 5.73 Å². The van der Waals surface area contributed by atoms with Gasteiger partial charge in [-0.15, -0.1) is 0 Å². The molecule has 0 aliphatic rings. The van der Waals surface area contributed by atoms with E-state index in [9.17, 15) is 4.79 Å². The van der Waals surface area contributed by atoms with Crippen LogP contribution in [0.2, 0.25) is 0 Å². The number of ketones is 1. The Balaban J connectivity index is -0.000000500. The fourth-order valence-electron chi connectivity index (χ4n) is 1.04. The number of unbranched alkanes of at least 4 members (excludes halogenated alkanes) is 1. The molecule has 0 aromatic heterocycles. The van der Waals surface area contributed by atoms with Gasteiger partial charge in [0.05, 0.1) is 6.04 Å². The van der Waals surface area contributed by atoms with Gasteiger partial charge < -0.3 is 11.1 Å². The highest BCUT2D eigenvalue weighted by Gasteiger charge is 2.09. The Kier molecular flexibility index (Phi) is 16.4. The van der Waals surface area contributed by atoms with Crippen LogP contribution >= 0.6 is 0 Å². The molecule has 0 aromatic rings. The molecule has 0 aliphatic heterocycles. The van der Waals surface area contributed by atoms with Crippen molar-refractivity contribution in [2.75, 3.05) is 13.6 Å². The maximum Gasteiger partial charge on any atom is 0.146 e. The molecule has 1 atom stereocenters. The Bertz CT molecular complexity index is 115. The molecular formula is C10H26N2O. The van der Waals surface area contributed by atoms with Gasteiger partial charge in [-0.25, -0.2) is 0 Å². The van der Waals surface area contributed by atoms with Crippen molar-refractivity contribution in [1.29, 1.82) is 0 Å². The highest BCUT2D eigenvalue weighted by Crippen LogP contribution is 2.00. The van der Waals surface area contributed by atoms with Gasteiger partial charge >= 0.3 is 0 Å². The zero-order chi connectivity index (χ0) is 8.69. The molecule has 1 unspecified atom stereocenters. The summed E-state index contributed by atoms with van der Waals surface area (Å²) in [6.45, 7) is 2.33. The molecule has 3 heteroatoms. The lowest BCUT2D eigenvalue weighted by atomic mass is 10.1. The van der Waals surface area contributed by atoms with E-state index in [2.05, 4.69) is 5.32 Å². The van der Waals surface area contributed by atoms with Crippen LogP contribution in [0.3, 0.4) is 0 Å². The van der Waals surface area contributed by atoms with E-state index in [0.717, 1.165) is 19.3 Å². The first kappa shape index (κ1) is 18.4. The van der Waals surface area contributed by atoms with E-state index in [-0.39, 0.29) is 26.7 Å². The fraction of sp³-hybridized carbons (Fsp3) is 0.900. The van der Waals surface area contributed by atoms with E-state index in [4.69, 9.17) is 5.73 Å². The van der Waals surface area contributed by atoms with E-state index in [1.54, 1.807) is 6.92 Å². The zero-order valence-electron chi connectivity index (χ0n) is 7.39. The number of nitrogens with two attached hydrogens (primary N) is 1. The predicted molar refractivity (Wildman–Crippen MR) is 59.9 cm³/mol. The lowest BCUT2D eigenvalue weighted by Gasteiger charge is -2.11. The number of carbonyl (C=O) groups excluding carboxylic acids is 1. The Hall–Kier alpha value is -0.410. The number of carbonyl (C=O) groups is 1. The number of hydrogen-bond acceptors (Lipinski definition) is 3. The second-order valence-electron chi connectivity index (χ2n) is 2.74. The zero-order valence-corrected chi connectivity index (χ0v) is 7.39. The molecule has 0 aromatic carbocycles. The van der Waals surface area contributed by atoms with Crippen molar-refractivity contribution in [3.05, 3.63) is 0 Å². The molecule has 0 heterocycles. The van der Waals surface area contributed by atoms with Gasteiger partial charge in [0.1, 0.15) is 5.78 Å². The summed E-state index contributed by atoms with van der Waals surface area (Å²) in [5.74, 6) is 0.213. The maximum absolute atomic E-state index is 10.9. The van der Waals surface area contributed by atoms with Gasteiger partial charge in [-0.1, -0.05) is 21.3 Å². The van der Waals surface area contributed by atoms with Crippen molar-refractivity contribution in [2.45, 2.75) is 47.1 Å². The maximum atomic E-state index is 10.9. The van der Waals surface area contributed by atoms with Crippen LogP contribution in [0.25, 0.3) is 0 Å². The van der Waals surface area contributed by atoms with Crippen molar-refractivity contribution in [3.63, 3.8) is 0 Å². The van der Waals surface area contributed by atoms with Gasteiger partial charge in [-0.2, -0.15) is 0 Å². The van der Waals surface area contributed by atoms with Gasteiger partial charge in [0.15, 0.2) is 0 Å². The summed E-state index contributed by atoms with van der Waals surface area (Å²) in [6.07, 6.45) is 2.94. The Labute approximate surface area is 83.1 Å². The van der Waals surface area contributed by atoms with Crippen LogP contribution in [0.15, 0.2) is 0 Å². The van der Waals surface area contributed by atoms with Crippen molar-refractivity contribution in [1.82, 2.24) is 5.32 Å². The molecule has 0 rings (SSSR count). The molecule has 82 valence electrons. The summed E-state index contributed by atoms with van der Waals surface area (Å²) < 4.78 is 0. The summed E-state index contributed by atoms with van der Waals surface area (Å²) in [6, 6.07) is 0.0292. The summed E-state index contributed by atoms with van der Waals surface area (Å²) in [5.41, 5.74) is 5.33. The molecule has 3 N–H and O–H groups in total. The SMILES string of the molecule is C.C.CNC(CCCCN)C(C)=O. The Morgan fingerprint density at radius 3 is 2.23 bits per heavy atom. The number of likely N-dealkylation sites (N-methyl/N-ethyl adjacent to an activating group) is 1. The van der Waals surface area contributed by atoms with Crippen molar-refractivity contribution in [3.8, 4) is 0 Å². The summed E-state index contributed by atoms with van der Waals surface area (Å²) in [7, 11) is 1.81. The largest absolute Gasteiger partial charge is 0.330 e. The van der Waals surface area contributed by atoms with Gasteiger partial charge in [-0.05, 0) is 33.4 Å². The fourth-order valence-corrected chi connectivity index (χ4v) is 1.04. The van der Waals surface area contributed by atoms with Crippen LogP contribution in [-0.2, 0) is 4.79 Å². The van der Waals surface area contributed by atoms with Crippen molar-refractivity contribution >= 4 is 5.78 Å². The van der Waals surface area contributed by atoms with E-state index in [1.807, 2.05) is 7.05 Å². The minimum Gasteiger partial charge on any atom is -0.330 e. The predicted octanol–water partition coefficient (Wildman–Crippen LogP) is 1.56. The lowest BCUT2D eigenvalue weighted by molar-refractivity contribution is -0.119. The number of nitrogens with one attached hydrogen (secondary N) is 1. The average Bonchev–Trinajstić information content (AvgIpc) is 1.97. The van der Waals surface area contributed by atoms with Crippen LogP contribution in [-0.4, -0.2) is 25.4 Å². The monoisotopic (exact) mass is 190 g/mol. The van der Waals surface area contributed by atoms with Crippen LogP contribution < -0.4 is 11.1 Å². The van der Waals surface area contributed by atoms with Crippen LogP contribution in [0.4, 0.5) is 0 Å². The molecule has 0 spiro atoms. The first-order valence-electron chi connectivity index (χ1n) is 4.10. The van der Waals surface area contributed by atoms with E-state index < -0.39 is 0 Å². The quantitative estimate of drug-likeness (QED) is 0.625. The lowest BCUT2D eigenvalue weighted by Crippen LogP contribution is -2.32. The van der Waals surface area contributed by atoms with E-state index in [0.29, 0.717) is 6.54 Å². The molecule has 0 bridgehead atoms. The molecule has 0 fully saturated rings. The summed E-state index contributed by atoms with van der Waals surface area (Å²) in [5, 5.41) is 2.97.